The van der Waals surface area contributed by atoms with Crippen LogP contribution in [-0.2, 0) is 27.0 Å². The van der Waals surface area contributed by atoms with Gasteiger partial charge in [0.1, 0.15) is 5.54 Å². The van der Waals surface area contributed by atoms with Crippen molar-refractivity contribution in [1.82, 2.24) is 20.8 Å². The van der Waals surface area contributed by atoms with Crippen LogP contribution in [-0.4, -0.2) is 28.0 Å². The van der Waals surface area contributed by atoms with Crippen molar-refractivity contribution in [2.75, 3.05) is 5.32 Å². The van der Waals surface area contributed by atoms with E-state index in [-0.39, 0.29) is 17.7 Å². The molecule has 1 aliphatic heterocycles. The van der Waals surface area contributed by atoms with E-state index in [4.69, 9.17) is 4.52 Å². The van der Waals surface area contributed by atoms with E-state index in [1.54, 1.807) is 31.2 Å². The average Bonchev–Trinajstić information content (AvgIpc) is 3.18. The van der Waals surface area contributed by atoms with Crippen LogP contribution in [0.5, 0.6) is 0 Å². The Balaban J connectivity index is 1.63. The molecule has 1 saturated heterocycles. The molecule has 1 fully saturated rings. The van der Waals surface area contributed by atoms with E-state index in [0.29, 0.717) is 29.4 Å². The lowest BCUT2D eigenvalue weighted by molar-refractivity contribution is -0.123. The van der Waals surface area contributed by atoms with Crippen LogP contribution in [0, 0.1) is 0 Å². The van der Waals surface area contributed by atoms with Crippen LogP contribution in [0.4, 0.5) is 10.5 Å². The fourth-order valence-corrected chi connectivity index (χ4v) is 2.76. The van der Waals surface area contributed by atoms with Crippen molar-refractivity contribution >= 4 is 23.5 Å². The van der Waals surface area contributed by atoms with E-state index < -0.39 is 17.5 Å². The Kier molecular flexibility index (Phi) is 4.93. The molecule has 0 saturated carbocycles. The maximum Gasteiger partial charge on any atom is 0.322 e. The number of carbonyl (C=O) groups excluding carboxylic acids is 3. The molecule has 0 spiro atoms. The van der Waals surface area contributed by atoms with Crippen molar-refractivity contribution in [2.45, 2.75) is 51.5 Å². The predicted molar refractivity (Wildman–Crippen MR) is 100 cm³/mol. The van der Waals surface area contributed by atoms with Crippen molar-refractivity contribution < 1.29 is 18.9 Å². The molecule has 1 aromatic carbocycles. The molecule has 9 nitrogen and oxygen atoms in total. The maximum atomic E-state index is 12.3. The van der Waals surface area contributed by atoms with Gasteiger partial charge in [-0.05, 0) is 24.6 Å². The van der Waals surface area contributed by atoms with Gasteiger partial charge in [-0.3, -0.25) is 14.9 Å². The van der Waals surface area contributed by atoms with Crippen LogP contribution in [0.3, 0.4) is 0 Å². The molecule has 1 atom stereocenters. The minimum absolute atomic E-state index is 0.171. The summed E-state index contributed by atoms with van der Waals surface area (Å²) in [7, 11) is 0. The molecule has 9 heteroatoms. The number of urea groups is 1. The zero-order valence-corrected chi connectivity index (χ0v) is 16.3. The van der Waals surface area contributed by atoms with Crippen molar-refractivity contribution in [2.24, 2.45) is 0 Å². The van der Waals surface area contributed by atoms with E-state index in [1.165, 1.54) is 0 Å². The molecule has 148 valence electrons. The number of hydrogen-bond donors (Lipinski definition) is 3. The number of carbonyl (C=O) groups is 3. The third-order valence-electron chi connectivity index (χ3n) is 4.47. The predicted octanol–water partition coefficient (Wildman–Crippen LogP) is 1.99. The summed E-state index contributed by atoms with van der Waals surface area (Å²) in [5, 5.41) is 11.5. The van der Waals surface area contributed by atoms with Crippen molar-refractivity contribution in [3.8, 4) is 0 Å². The first-order chi connectivity index (χ1) is 13.1. The average molecular weight is 385 g/mol. The van der Waals surface area contributed by atoms with Gasteiger partial charge in [0.15, 0.2) is 5.82 Å². The third-order valence-corrected chi connectivity index (χ3v) is 4.47. The molecular formula is C19H23N5O4. The van der Waals surface area contributed by atoms with Crippen molar-refractivity contribution in [3.05, 3.63) is 41.5 Å². The summed E-state index contributed by atoms with van der Waals surface area (Å²) < 4.78 is 5.19. The fraction of sp³-hybridized carbons (Fsp3) is 0.421. The highest BCUT2D eigenvalue weighted by Crippen LogP contribution is 2.26. The van der Waals surface area contributed by atoms with Crippen LogP contribution in [0.2, 0.25) is 0 Å². The first kappa shape index (κ1) is 19.5. The molecule has 1 aliphatic rings. The first-order valence-corrected chi connectivity index (χ1v) is 8.95. The largest absolute Gasteiger partial charge is 0.339 e. The van der Waals surface area contributed by atoms with Crippen LogP contribution >= 0.6 is 0 Å². The topological polar surface area (TPSA) is 126 Å². The van der Waals surface area contributed by atoms with Crippen molar-refractivity contribution in [3.63, 3.8) is 0 Å². The number of nitrogens with zero attached hydrogens (tertiary/aromatic N) is 2. The molecule has 28 heavy (non-hydrogen) atoms. The molecule has 2 heterocycles. The monoisotopic (exact) mass is 385 g/mol. The molecule has 2 aromatic rings. The Morgan fingerprint density at radius 2 is 2.04 bits per heavy atom. The molecular weight excluding hydrogens is 362 g/mol. The second kappa shape index (κ2) is 7.06. The van der Waals surface area contributed by atoms with Gasteiger partial charge < -0.3 is 15.2 Å². The van der Waals surface area contributed by atoms with Crippen LogP contribution < -0.4 is 16.0 Å². The standard InChI is InChI=1S/C19H23N5O4/c1-18(2,3)15-21-14(28-24-15)9-8-13(25)20-12-7-5-6-11(10-12)19(4)16(26)22-17(27)23-19/h5-7,10H,8-9H2,1-4H3,(H,20,25)(H2,22,23,26,27)/t19-/m1/s1. The molecule has 0 radical (unpaired) electrons. The number of benzene rings is 1. The van der Waals surface area contributed by atoms with Gasteiger partial charge in [0.25, 0.3) is 5.91 Å². The molecule has 1 aromatic heterocycles. The number of imide groups is 1. The minimum Gasteiger partial charge on any atom is -0.339 e. The highest BCUT2D eigenvalue weighted by molar-refractivity contribution is 6.07. The van der Waals surface area contributed by atoms with E-state index in [9.17, 15) is 14.4 Å². The van der Waals surface area contributed by atoms with Gasteiger partial charge in [-0.15, -0.1) is 0 Å². The highest BCUT2D eigenvalue weighted by Gasteiger charge is 2.43. The van der Waals surface area contributed by atoms with Gasteiger partial charge in [-0.25, -0.2) is 4.79 Å². The lowest BCUT2D eigenvalue weighted by Gasteiger charge is -2.21. The SMILES string of the molecule is CC(C)(C)c1noc(CCC(=O)Nc2cccc([C@@]3(C)NC(=O)NC3=O)c2)n1. The number of rotatable bonds is 5. The number of aromatic nitrogens is 2. The number of nitrogens with one attached hydrogen (secondary N) is 3. The summed E-state index contributed by atoms with van der Waals surface area (Å²) in [6, 6.07) is 6.25. The summed E-state index contributed by atoms with van der Waals surface area (Å²) >= 11 is 0. The Morgan fingerprint density at radius 1 is 1.29 bits per heavy atom. The lowest BCUT2D eigenvalue weighted by Crippen LogP contribution is -2.40. The number of aryl methyl sites for hydroxylation is 1. The van der Waals surface area contributed by atoms with Crippen molar-refractivity contribution in [1.29, 1.82) is 0 Å². The van der Waals surface area contributed by atoms with E-state index in [1.807, 2.05) is 20.8 Å². The van der Waals surface area contributed by atoms with E-state index >= 15 is 0 Å². The van der Waals surface area contributed by atoms with Gasteiger partial charge in [-0.1, -0.05) is 38.1 Å². The number of amides is 4. The van der Waals surface area contributed by atoms with E-state index in [2.05, 4.69) is 26.1 Å². The summed E-state index contributed by atoms with van der Waals surface area (Å²) in [5.41, 5.74) is -0.299. The Labute approximate surface area is 162 Å². The van der Waals surface area contributed by atoms with Gasteiger partial charge >= 0.3 is 6.03 Å². The van der Waals surface area contributed by atoms with Crippen LogP contribution in [0.1, 0.15) is 51.4 Å². The number of hydrogen-bond acceptors (Lipinski definition) is 6. The van der Waals surface area contributed by atoms with Gasteiger partial charge in [0, 0.05) is 23.9 Å². The number of anilines is 1. The summed E-state index contributed by atoms with van der Waals surface area (Å²) in [4.78, 5) is 40.1. The zero-order valence-electron chi connectivity index (χ0n) is 16.3. The third kappa shape index (κ3) is 4.03. The molecule has 0 unspecified atom stereocenters. The fourth-order valence-electron chi connectivity index (χ4n) is 2.76. The van der Waals surface area contributed by atoms with Crippen LogP contribution in [0.25, 0.3) is 0 Å². The molecule has 4 amide bonds. The zero-order chi connectivity index (χ0) is 20.5. The Morgan fingerprint density at radius 3 is 2.64 bits per heavy atom. The molecule has 0 aliphatic carbocycles. The van der Waals surface area contributed by atoms with Gasteiger partial charge in [-0.2, -0.15) is 4.98 Å². The second-order valence-corrected chi connectivity index (χ2v) is 7.92. The van der Waals surface area contributed by atoms with Gasteiger partial charge in [0.2, 0.25) is 11.8 Å². The second-order valence-electron chi connectivity index (χ2n) is 7.92. The van der Waals surface area contributed by atoms with Crippen LogP contribution in [0.15, 0.2) is 28.8 Å². The normalized spacial score (nSPS) is 19.3. The van der Waals surface area contributed by atoms with E-state index in [0.717, 1.165) is 0 Å². The molecule has 0 bridgehead atoms. The summed E-state index contributed by atoms with van der Waals surface area (Å²) in [6.07, 6.45) is 0.495. The Hall–Kier alpha value is -3.23. The summed E-state index contributed by atoms with van der Waals surface area (Å²) in [6.45, 7) is 7.55. The first-order valence-electron chi connectivity index (χ1n) is 8.95. The highest BCUT2D eigenvalue weighted by atomic mass is 16.5. The minimum atomic E-state index is -1.18. The quantitative estimate of drug-likeness (QED) is 0.676. The Bertz CT molecular complexity index is 930. The smallest absolute Gasteiger partial charge is 0.322 e. The van der Waals surface area contributed by atoms with Gasteiger partial charge in [0.05, 0.1) is 0 Å². The lowest BCUT2D eigenvalue weighted by atomic mass is 9.92. The summed E-state index contributed by atoms with van der Waals surface area (Å²) in [5.74, 6) is 0.345. The molecule has 3 rings (SSSR count). The maximum absolute atomic E-state index is 12.3. The molecule has 3 N–H and O–H groups in total.